The Morgan fingerprint density at radius 1 is 1.48 bits per heavy atom. The molecule has 3 rings (SSSR count). The van der Waals surface area contributed by atoms with E-state index in [-0.39, 0.29) is 0 Å². The van der Waals surface area contributed by atoms with E-state index in [1.807, 2.05) is 6.20 Å². The first-order valence-corrected chi connectivity index (χ1v) is 9.02. The monoisotopic (exact) mass is 355 g/mol. The molecule has 4 unspecified atom stereocenters. The molecule has 0 spiro atoms. The van der Waals surface area contributed by atoms with Crippen molar-refractivity contribution in [2.45, 2.75) is 70.7 Å². The van der Waals surface area contributed by atoms with Crippen LogP contribution in [0, 0.1) is 5.92 Å². The number of hydrogen-bond acceptors (Lipinski definition) is 3. The molecule has 0 aliphatic carbocycles. The van der Waals surface area contributed by atoms with Crippen molar-refractivity contribution in [2.24, 2.45) is 5.92 Å². The number of aromatic nitrogens is 2. The fourth-order valence-electron chi connectivity index (χ4n) is 3.83. The summed E-state index contributed by atoms with van der Waals surface area (Å²) < 4.78 is 9.37. The van der Waals surface area contributed by atoms with E-state index >= 15 is 0 Å². The highest BCUT2D eigenvalue weighted by atomic mass is 79.9. The van der Waals surface area contributed by atoms with E-state index in [1.54, 1.807) is 0 Å². The van der Waals surface area contributed by atoms with Gasteiger partial charge < -0.3 is 10.1 Å². The SMILES string of the molecule is CCCNC(c1c(Br)cnn1C(C)C)C1CC2CCC1O2. The minimum Gasteiger partial charge on any atom is -0.375 e. The molecule has 118 valence electrons. The van der Waals surface area contributed by atoms with Gasteiger partial charge in [-0.15, -0.1) is 0 Å². The van der Waals surface area contributed by atoms with Crippen molar-refractivity contribution in [3.8, 4) is 0 Å². The third-order valence-electron chi connectivity index (χ3n) is 4.77. The van der Waals surface area contributed by atoms with E-state index in [9.17, 15) is 0 Å². The molecule has 1 N–H and O–H groups in total. The van der Waals surface area contributed by atoms with Crippen LogP contribution in [0.25, 0.3) is 0 Å². The second-order valence-corrected chi connectivity index (χ2v) is 7.48. The second kappa shape index (κ2) is 6.39. The molecule has 3 heterocycles. The van der Waals surface area contributed by atoms with Crippen molar-refractivity contribution in [1.82, 2.24) is 15.1 Å². The molecule has 2 saturated heterocycles. The fraction of sp³-hybridized carbons (Fsp3) is 0.812. The first kappa shape index (κ1) is 15.5. The van der Waals surface area contributed by atoms with Gasteiger partial charge in [-0.05, 0) is 62.0 Å². The van der Waals surface area contributed by atoms with E-state index in [4.69, 9.17) is 4.74 Å². The Morgan fingerprint density at radius 2 is 2.29 bits per heavy atom. The van der Waals surface area contributed by atoms with E-state index < -0.39 is 0 Å². The summed E-state index contributed by atoms with van der Waals surface area (Å²) in [4.78, 5) is 0. The van der Waals surface area contributed by atoms with Gasteiger partial charge in [-0.2, -0.15) is 5.10 Å². The molecule has 2 bridgehead atoms. The summed E-state index contributed by atoms with van der Waals surface area (Å²) in [7, 11) is 0. The minimum absolute atomic E-state index is 0.333. The lowest BCUT2D eigenvalue weighted by Crippen LogP contribution is -2.36. The average molecular weight is 356 g/mol. The largest absolute Gasteiger partial charge is 0.375 e. The maximum atomic E-state index is 6.10. The summed E-state index contributed by atoms with van der Waals surface area (Å²) in [6, 6.07) is 0.705. The van der Waals surface area contributed by atoms with Crippen LogP contribution in [0.15, 0.2) is 10.7 Å². The maximum absolute atomic E-state index is 6.10. The zero-order chi connectivity index (χ0) is 15.0. The van der Waals surface area contributed by atoms with Crippen LogP contribution in [0.3, 0.4) is 0 Å². The topological polar surface area (TPSA) is 39.1 Å². The van der Waals surface area contributed by atoms with Gasteiger partial charge in [-0.1, -0.05) is 6.92 Å². The van der Waals surface area contributed by atoms with Crippen LogP contribution in [-0.2, 0) is 4.74 Å². The maximum Gasteiger partial charge on any atom is 0.0702 e. The van der Waals surface area contributed by atoms with E-state index in [2.05, 4.69) is 51.8 Å². The number of fused-ring (bicyclic) bond motifs is 2. The number of rotatable bonds is 6. The van der Waals surface area contributed by atoms with Gasteiger partial charge in [-0.3, -0.25) is 4.68 Å². The Morgan fingerprint density at radius 3 is 2.86 bits per heavy atom. The van der Waals surface area contributed by atoms with Gasteiger partial charge in [-0.25, -0.2) is 0 Å². The summed E-state index contributed by atoms with van der Waals surface area (Å²) >= 11 is 3.71. The second-order valence-electron chi connectivity index (χ2n) is 6.62. The first-order chi connectivity index (χ1) is 10.1. The molecule has 1 aromatic heterocycles. The summed E-state index contributed by atoms with van der Waals surface area (Å²) in [6.45, 7) is 7.64. The van der Waals surface area contributed by atoms with Crippen LogP contribution in [-0.4, -0.2) is 28.5 Å². The van der Waals surface area contributed by atoms with Crippen LogP contribution in [0.2, 0.25) is 0 Å². The lowest BCUT2D eigenvalue weighted by molar-refractivity contribution is 0.0847. The summed E-state index contributed by atoms with van der Waals surface area (Å²) in [5.41, 5.74) is 1.29. The lowest BCUT2D eigenvalue weighted by atomic mass is 9.82. The summed E-state index contributed by atoms with van der Waals surface area (Å²) in [5, 5.41) is 8.33. The van der Waals surface area contributed by atoms with Gasteiger partial charge >= 0.3 is 0 Å². The average Bonchev–Trinajstić information content (AvgIpc) is 3.15. The molecular formula is C16H26BrN3O. The lowest BCUT2D eigenvalue weighted by Gasteiger charge is -2.31. The Kier molecular flexibility index (Phi) is 4.71. The molecule has 4 atom stereocenters. The van der Waals surface area contributed by atoms with Crippen molar-refractivity contribution in [3.63, 3.8) is 0 Å². The van der Waals surface area contributed by atoms with Crippen molar-refractivity contribution < 1.29 is 4.74 Å². The van der Waals surface area contributed by atoms with Crippen molar-refractivity contribution in [2.75, 3.05) is 6.54 Å². The van der Waals surface area contributed by atoms with E-state index in [1.165, 1.54) is 25.0 Å². The molecule has 2 fully saturated rings. The van der Waals surface area contributed by atoms with Crippen LogP contribution in [0.1, 0.15) is 64.2 Å². The molecule has 4 nitrogen and oxygen atoms in total. The van der Waals surface area contributed by atoms with Crippen molar-refractivity contribution >= 4 is 15.9 Å². The highest BCUT2D eigenvalue weighted by molar-refractivity contribution is 9.10. The zero-order valence-corrected chi connectivity index (χ0v) is 14.8. The van der Waals surface area contributed by atoms with Crippen LogP contribution in [0.5, 0.6) is 0 Å². The highest BCUT2D eigenvalue weighted by Gasteiger charge is 2.45. The van der Waals surface area contributed by atoms with Gasteiger partial charge in [0, 0.05) is 12.0 Å². The highest BCUT2D eigenvalue weighted by Crippen LogP contribution is 2.46. The van der Waals surface area contributed by atoms with Gasteiger partial charge in [0.15, 0.2) is 0 Å². The standard InChI is InChI=1S/C16H26BrN3O/c1-4-7-18-15(12-8-11-5-6-14(12)21-11)16-13(17)9-19-20(16)10(2)3/h9-12,14-15,18H,4-8H2,1-3H3. The molecule has 0 radical (unpaired) electrons. The van der Waals surface area contributed by atoms with Gasteiger partial charge in [0.25, 0.3) is 0 Å². The number of nitrogens with one attached hydrogen (secondary N) is 1. The Labute approximate surface area is 135 Å². The molecule has 2 aliphatic rings. The smallest absolute Gasteiger partial charge is 0.0702 e. The number of nitrogens with zero attached hydrogens (tertiary/aromatic N) is 2. The van der Waals surface area contributed by atoms with Gasteiger partial charge in [0.05, 0.1) is 34.6 Å². The van der Waals surface area contributed by atoms with E-state index in [0.717, 1.165) is 17.4 Å². The first-order valence-electron chi connectivity index (χ1n) is 8.23. The van der Waals surface area contributed by atoms with Gasteiger partial charge in [0.1, 0.15) is 0 Å². The van der Waals surface area contributed by atoms with Crippen molar-refractivity contribution in [3.05, 3.63) is 16.4 Å². The third kappa shape index (κ3) is 2.92. The number of ether oxygens (including phenoxy) is 1. The fourth-order valence-corrected chi connectivity index (χ4v) is 4.35. The predicted molar refractivity (Wildman–Crippen MR) is 87.3 cm³/mol. The molecule has 0 aromatic carbocycles. The molecule has 21 heavy (non-hydrogen) atoms. The Balaban J connectivity index is 1.90. The molecule has 2 aliphatic heterocycles. The predicted octanol–water partition coefficient (Wildman–Crippen LogP) is 3.83. The molecular weight excluding hydrogens is 330 g/mol. The van der Waals surface area contributed by atoms with Crippen molar-refractivity contribution in [1.29, 1.82) is 0 Å². The normalized spacial score (nSPS) is 29.5. The third-order valence-corrected chi connectivity index (χ3v) is 5.38. The molecule has 1 aromatic rings. The molecule has 5 heteroatoms. The quantitative estimate of drug-likeness (QED) is 0.842. The summed E-state index contributed by atoms with van der Waals surface area (Å²) in [5.74, 6) is 0.570. The van der Waals surface area contributed by atoms with Crippen LogP contribution >= 0.6 is 15.9 Å². The Hall–Kier alpha value is -0.390. The number of halogens is 1. The van der Waals surface area contributed by atoms with Crippen LogP contribution in [0.4, 0.5) is 0 Å². The van der Waals surface area contributed by atoms with E-state index in [0.29, 0.717) is 30.2 Å². The van der Waals surface area contributed by atoms with Gasteiger partial charge in [0.2, 0.25) is 0 Å². The molecule has 0 amide bonds. The van der Waals surface area contributed by atoms with Crippen LogP contribution < -0.4 is 5.32 Å². The molecule has 0 saturated carbocycles. The number of hydrogen-bond donors (Lipinski definition) is 1. The Bertz CT molecular complexity index is 488. The zero-order valence-electron chi connectivity index (χ0n) is 13.2. The summed E-state index contributed by atoms with van der Waals surface area (Å²) in [6.07, 6.45) is 7.63. The minimum atomic E-state index is 0.333.